The van der Waals surface area contributed by atoms with Gasteiger partial charge in [-0.25, -0.2) is 4.79 Å². The molecule has 1 aromatic rings. The van der Waals surface area contributed by atoms with Crippen LogP contribution in [0.15, 0.2) is 21.9 Å². The first kappa shape index (κ1) is 23.0. The molecule has 0 spiro atoms. The Hall–Kier alpha value is -1.26. The van der Waals surface area contributed by atoms with E-state index in [4.69, 9.17) is 9.47 Å². The van der Waals surface area contributed by atoms with Gasteiger partial charge in [-0.2, -0.15) is 0 Å². The van der Waals surface area contributed by atoms with Crippen molar-refractivity contribution in [1.29, 1.82) is 0 Å². The number of methoxy groups -OCH3 is 1. The number of hydrogen-bond acceptors (Lipinski definition) is 6. The van der Waals surface area contributed by atoms with Gasteiger partial charge in [0.05, 0.1) is 16.3 Å². The molecule has 1 saturated heterocycles. The van der Waals surface area contributed by atoms with E-state index in [-0.39, 0.29) is 10.2 Å². The van der Waals surface area contributed by atoms with E-state index in [0.717, 1.165) is 0 Å². The SMILES string of the molecule is CO[C@@]1(C(C)(C)C)[C@]([SiH3])(n2ccc(=O)[nH]c2=O)O[C@H](C(O)C(C)(C)C)[C@@]1(C)O. The largest absolute Gasteiger partial charge is 0.390 e. The van der Waals surface area contributed by atoms with Gasteiger partial charge < -0.3 is 19.7 Å². The Morgan fingerprint density at radius 1 is 1.29 bits per heavy atom. The van der Waals surface area contributed by atoms with Gasteiger partial charge in [0.25, 0.3) is 5.56 Å². The molecule has 5 atom stereocenters. The molecule has 28 heavy (non-hydrogen) atoms. The van der Waals surface area contributed by atoms with Crippen LogP contribution < -0.4 is 11.2 Å². The molecule has 0 saturated carbocycles. The minimum Gasteiger partial charge on any atom is -0.390 e. The number of rotatable bonds is 3. The number of aliphatic hydroxyl groups is 2. The molecule has 1 aliphatic heterocycles. The molecular formula is C19H34N2O6Si. The van der Waals surface area contributed by atoms with E-state index in [2.05, 4.69) is 4.98 Å². The van der Waals surface area contributed by atoms with Gasteiger partial charge in [0.2, 0.25) is 0 Å². The summed E-state index contributed by atoms with van der Waals surface area (Å²) in [6.07, 6.45) is -0.702. The third kappa shape index (κ3) is 2.95. The van der Waals surface area contributed by atoms with E-state index < -0.39 is 50.8 Å². The highest BCUT2D eigenvalue weighted by molar-refractivity contribution is 6.14. The average Bonchev–Trinajstić information content (AvgIpc) is 2.68. The van der Waals surface area contributed by atoms with Crippen molar-refractivity contribution in [2.24, 2.45) is 10.8 Å². The van der Waals surface area contributed by atoms with E-state index in [1.54, 1.807) is 6.92 Å². The number of H-pyrrole nitrogens is 1. The Bertz CT molecular complexity index is 849. The molecule has 0 amide bonds. The number of ether oxygens (including phenoxy) is 2. The van der Waals surface area contributed by atoms with Gasteiger partial charge in [-0.3, -0.25) is 14.3 Å². The summed E-state index contributed by atoms with van der Waals surface area (Å²) in [6, 6.07) is 1.23. The molecule has 0 aliphatic carbocycles. The van der Waals surface area contributed by atoms with Gasteiger partial charge >= 0.3 is 5.69 Å². The molecule has 0 bridgehead atoms. The van der Waals surface area contributed by atoms with Crippen LogP contribution in [-0.4, -0.2) is 60.5 Å². The third-order valence-electron chi connectivity index (χ3n) is 6.10. The topological polar surface area (TPSA) is 114 Å². The van der Waals surface area contributed by atoms with Gasteiger partial charge in [0, 0.05) is 19.4 Å². The highest BCUT2D eigenvalue weighted by atomic mass is 28.1. The standard InChI is InChI=1S/C19H34N2O6Si/c1-15(2,3)12(23)13-17(7,25)18(26-8,16(4,5)6)19(28,27-13)21-10-9-11(22)20-14(21)24/h9-10,12-13,23,25H,1-8,28H3,(H,20,22,24)/t12?,13-,17-,18-,19+/m1/s1. The van der Waals surface area contributed by atoms with Crippen molar-refractivity contribution in [1.82, 2.24) is 9.55 Å². The second-order valence-corrected chi connectivity index (χ2v) is 11.5. The summed E-state index contributed by atoms with van der Waals surface area (Å²) in [5.74, 6) is 0. The van der Waals surface area contributed by atoms with Crippen LogP contribution in [0.5, 0.6) is 0 Å². The van der Waals surface area contributed by atoms with Crippen molar-refractivity contribution in [3.05, 3.63) is 33.1 Å². The summed E-state index contributed by atoms with van der Waals surface area (Å²) in [5.41, 5.74) is -5.51. The number of aromatic nitrogens is 2. The number of aliphatic hydroxyl groups excluding tert-OH is 1. The zero-order valence-corrected chi connectivity index (χ0v) is 20.3. The second kappa shape index (κ2) is 6.63. The highest BCUT2D eigenvalue weighted by Gasteiger charge is 2.76. The minimum atomic E-state index is -1.65. The maximum atomic E-state index is 12.7. The zero-order valence-electron chi connectivity index (χ0n) is 18.3. The summed E-state index contributed by atoms with van der Waals surface area (Å²) >= 11 is 0. The fourth-order valence-electron chi connectivity index (χ4n) is 5.08. The van der Waals surface area contributed by atoms with Crippen LogP contribution in [0.4, 0.5) is 0 Å². The van der Waals surface area contributed by atoms with Crippen LogP contribution in [0.1, 0.15) is 48.5 Å². The van der Waals surface area contributed by atoms with Crippen LogP contribution in [0.2, 0.25) is 0 Å². The summed E-state index contributed by atoms with van der Waals surface area (Å²) < 4.78 is 13.7. The molecule has 1 aliphatic rings. The Labute approximate surface area is 168 Å². The monoisotopic (exact) mass is 414 g/mol. The van der Waals surface area contributed by atoms with Gasteiger partial charge in [-0.05, 0) is 17.8 Å². The summed E-state index contributed by atoms with van der Waals surface area (Å²) in [5, 5.41) is 21.5. The molecule has 2 heterocycles. The molecular weight excluding hydrogens is 380 g/mol. The fourth-order valence-corrected chi connectivity index (χ4v) is 7.14. The van der Waals surface area contributed by atoms with Gasteiger partial charge in [-0.1, -0.05) is 41.5 Å². The average molecular weight is 415 g/mol. The maximum absolute atomic E-state index is 12.7. The number of nitrogens with one attached hydrogen (secondary N) is 1. The quantitative estimate of drug-likeness (QED) is 0.575. The smallest absolute Gasteiger partial charge is 0.330 e. The van der Waals surface area contributed by atoms with Crippen molar-refractivity contribution in [3.63, 3.8) is 0 Å². The first-order valence-electron chi connectivity index (χ1n) is 9.43. The maximum Gasteiger partial charge on any atom is 0.330 e. The minimum absolute atomic E-state index is 0.228. The normalized spacial score (nSPS) is 35.3. The van der Waals surface area contributed by atoms with E-state index in [9.17, 15) is 19.8 Å². The lowest BCUT2D eigenvalue weighted by molar-refractivity contribution is -0.237. The van der Waals surface area contributed by atoms with Crippen molar-refractivity contribution in [2.45, 2.75) is 77.2 Å². The predicted molar refractivity (Wildman–Crippen MR) is 109 cm³/mol. The fraction of sp³-hybridized carbons (Fsp3) is 0.789. The second-order valence-electron chi connectivity index (χ2n) is 10.1. The van der Waals surface area contributed by atoms with Crippen LogP contribution in [-0.2, 0) is 14.8 Å². The lowest BCUT2D eigenvalue weighted by Crippen LogP contribution is -2.72. The molecule has 1 unspecified atom stereocenters. The van der Waals surface area contributed by atoms with Crippen LogP contribution in [0, 0.1) is 10.8 Å². The Morgan fingerprint density at radius 3 is 2.21 bits per heavy atom. The summed E-state index contributed by atoms with van der Waals surface area (Å²) in [4.78, 5) is 26.5. The van der Waals surface area contributed by atoms with E-state index in [1.807, 2.05) is 41.5 Å². The molecule has 1 aromatic heterocycles. The number of hydrogen-bond donors (Lipinski definition) is 3. The van der Waals surface area contributed by atoms with Crippen LogP contribution >= 0.6 is 0 Å². The van der Waals surface area contributed by atoms with Crippen molar-refractivity contribution >= 4 is 10.2 Å². The van der Waals surface area contributed by atoms with E-state index in [1.165, 1.54) is 23.9 Å². The van der Waals surface area contributed by atoms with Crippen LogP contribution in [0.25, 0.3) is 0 Å². The highest BCUT2D eigenvalue weighted by Crippen LogP contribution is 2.59. The van der Waals surface area contributed by atoms with Crippen LogP contribution in [0.3, 0.4) is 0 Å². The first-order chi connectivity index (χ1) is 12.5. The van der Waals surface area contributed by atoms with Crippen molar-refractivity contribution in [2.75, 3.05) is 7.11 Å². The number of aromatic amines is 1. The lowest BCUT2D eigenvalue weighted by Gasteiger charge is -2.54. The molecule has 1 fully saturated rings. The molecule has 0 aromatic carbocycles. The number of nitrogens with zero attached hydrogens (tertiary/aromatic N) is 1. The Kier molecular flexibility index (Phi) is 5.45. The Morgan fingerprint density at radius 2 is 1.82 bits per heavy atom. The zero-order chi connectivity index (χ0) is 21.9. The molecule has 8 nitrogen and oxygen atoms in total. The first-order valence-corrected chi connectivity index (χ1v) is 10.4. The van der Waals surface area contributed by atoms with Gasteiger partial charge in [-0.15, -0.1) is 0 Å². The van der Waals surface area contributed by atoms with E-state index in [0.29, 0.717) is 0 Å². The summed E-state index contributed by atoms with van der Waals surface area (Å²) in [7, 11) is 1.70. The molecule has 0 radical (unpaired) electrons. The summed E-state index contributed by atoms with van der Waals surface area (Å²) in [6.45, 7) is 12.8. The molecule has 2 rings (SSSR count). The van der Waals surface area contributed by atoms with E-state index >= 15 is 0 Å². The predicted octanol–water partition coefficient (Wildman–Crippen LogP) is -0.500. The molecule has 160 valence electrons. The Balaban J connectivity index is 2.90. The van der Waals surface area contributed by atoms with Gasteiger partial charge in [0.15, 0.2) is 5.35 Å². The van der Waals surface area contributed by atoms with Gasteiger partial charge in [0.1, 0.15) is 17.3 Å². The molecule has 9 heteroatoms. The third-order valence-corrected chi connectivity index (χ3v) is 7.52. The lowest BCUT2D eigenvalue weighted by atomic mass is 9.63. The van der Waals surface area contributed by atoms with Crippen molar-refractivity contribution < 1.29 is 19.7 Å². The van der Waals surface area contributed by atoms with Crippen molar-refractivity contribution in [3.8, 4) is 0 Å². The molecule has 3 N–H and O–H groups in total.